The zero-order valence-corrected chi connectivity index (χ0v) is 14.2. The summed E-state index contributed by atoms with van der Waals surface area (Å²) in [6, 6.07) is 3.51. The van der Waals surface area contributed by atoms with E-state index in [4.69, 9.17) is 11.6 Å². The lowest BCUT2D eigenvalue weighted by Gasteiger charge is -2.37. The number of hydrogen-bond acceptors (Lipinski definition) is 5. The lowest BCUT2D eigenvalue weighted by molar-refractivity contribution is -0.384. The van der Waals surface area contributed by atoms with E-state index >= 15 is 0 Å². The molecular formula is C15H19ClN4O4. The summed E-state index contributed by atoms with van der Waals surface area (Å²) >= 11 is 5.99. The average Bonchev–Trinajstić information content (AvgIpc) is 2.55. The highest BCUT2D eigenvalue weighted by Crippen LogP contribution is 2.27. The molecule has 1 aromatic rings. The average molecular weight is 355 g/mol. The minimum Gasteiger partial charge on any atom is -0.340 e. The van der Waals surface area contributed by atoms with Gasteiger partial charge in [0.05, 0.1) is 21.7 Å². The topological polar surface area (TPSA) is 95.8 Å². The second-order valence-electron chi connectivity index (χ2n) is 5.63. The van der Waals surface area contributed by atoms with Crippen LogP contribution in [-0.2, 0) is 9.59 Å². The number of carbonyl (C=O) groups is 2. The number of piperazine rings is 1. The lowest BCUT2D eigenvalue weighted by atomic mass is 10.2. The molecule has 0 saturated carbocycles. The van der Waals surface area contributed by atoms with Crippen molar-refractivity contribution in [3.8, 4) is 0 Å². The number of nitrogens with one attached hydrogen (secondary N) is 1. The van der Waals surface area contributed by atoms with Crippen LogP contribution in [0, 0.1) is 10.1 Å². The Morgan fingerprint density at radius 3 is 2.42 bits per heavy atom. The predicted molar refractivity (Wildman–Crippen MR) is 90.0 cm³/mol. The third kappa shape index (κ3) is 4.21. The molecule has 0 aliphatic carbocycles. The van der Waals surface area contributed by atoms with Gasteiger partial charge in [-0.25, -0.2) is 0 Å². The van der Waals surface area contributed by atoms with Crippen molar-refractivity contribution in [2.24, 2.45) is 0 Å². The fourth-order valence-electron chi connectivity index (χ4n) is 2.55. The fraction of sp³-hybridized carbons (Fsp3) is 0.467. The van der Waals surface area contributed by atoms with E-state index < -0.39 is 11.0 Å². The van der Waals surface area contributed by atoms with Gasteiger partial charge in [0.1, 0.15) is 0 Å². The second-order valence-corrected chi connectivity index (χ2v) is 6.04. The Morgan fingerprint density at radius 2 is 1.92 bits per heavy atom. The Bertz CT molecular complexity index is 659. The monoisotopic (exact) mass is 354 g/mol. The summed E-state index contributed by atoms with van der Waals surface area (Å²) in [6.07, 6.45) is 0. The summed E-state index contributed by atoms with van der Waals surface area (Å²) in [5, 5.41) is 13.5. The van der Waals surface area contributed by atoms with Crippen LogP contribution >= 0.6 is 11.6 Å². The molecule has 0 radical (unpaired) electrons. The van der Waals surface area contributed by atoms with Crippen molar-refractivity contribution in [2.45, 2.75) is 19.9 Å². The molecule has 1 N–H and O–H groups in total. The molecule has 1 aliphatic heterocycles. The fourth-order valence-corrected chi connectivity index (χ4v) is 2.77. The van der Waals surface area contributed by atoms with Crippen molar-refractivity contribution >= 4 is 34.8 Å². The number of hydrogen-bond donors (Lipinski definition) is 1. The quantitative estimate of drug-likeness (QED) is 0.656. The first kappa shape index (κ1) is 18.2. The molecule has 1 heterocycles. The first-order chi connectivity index (χ1) is 11.3. The Labute approximate surface area is 144 Å². The van der Waals surface area contributed by atoms with Crippen molar-refractivity contribution in [1.29, 1.82) is 0 Å². The van der Waals surface area contributed by atoms with Gasteiger partial charge in [-0.3, -0.25) is 24.6 Å². The molecule has 0 aromatic heterocycles. The zero-order valence-electron chi connectivity index (χ0n) is 13.5. The molecule has 2 amide bonds. The molecule has 0 bridgehead atoms. The summed E-state index contributed by atoms with van der Waals surface area (Å²) in [7, 11) is 0. The Balaban J connectivity index is 1.97. The van der Waals surface area contributed by atoms with Crippen LogP contribution in [0.25, 0.3) is 0 Å². The van der Waals surface area contributed by atoms with Gasteiger partial charge in [-0.15, -0.1) is 0 Å². The van der Waals surface area contributed by atoms with E-state index in [0.29, 0.717) is 31.9 Å². The molecule has 0 unspecified atom stereocenters. The summed E-state index contributed by atoms with van der Waals surface area (Å²) in [5.41, 5.74) is 0.202. The van der Waals surface area contributed by atoms with Crippen LogP contribution in [0.5, 0.6) is 0 Å². The largest absolute Gasteiger partial charge is 0.340 e. The van der Waals surface area contributed by atoms with Gasteiger partial charge < -0.3 is 10.2 Å². The standard InChI is InChI=1S/C15H19ClN4O4/c1-10(18-5-7-19(8-6-18)11(2)21)15(22)17-14-4-3-12(20(23)24)9-13(14)16/h3-4,9-10H,5-8H2,1-2H3,(H,17,22)/t10-/m1/s1. The van der Waals surface area contributed by atoms with Gasteiger partial charge in [0.25, 0.3) is 5.69 Å². The smallest absolute Gasteiger partial charge is 0.271 e. The van der Waals surface area contributed by atoms with Crippen LogP contribution < -0.4 is 5.32 Å². The maximum absolute atomic E-state index is 12.4. The summed E-state index contributed by atoms with van der Waals surface area (Å²) in [6.45, 7) is 5.71. The van der Waals surface area contributed by atoms with E-state index in [1.54, 1.807) is 11.8 Å². The van der Waals surface area contributed by atoms with Gasteiger partial charge in [0, 0.05) is 45.2 Å². The highest BCUT2D eigenvalue weighted by Gasteiger charge is 2.26. The van der Waals surface area contributed by atoms with Crippen LogP contribution in [0.1, 0.15) is 13.8 Å². The van der Waals surface area contributed by atoms with Crippen molar-refractivity contribution in [2.75, 3.05) is 31.5 Å². The molecule has 8 nitrogen and oxygen atoms in total. The van der Waals surface area contributed by atoms with E-state index in [-0.39, 0.29) is 22.5 Å². The van der Waals surface area contributed by atoms with Gasteiger partial charge in [0.15, 0.2) is 0 Å². The van der Waals surface area contributed by atoms with E-state index in [0.717, 1.165) is 0 Å². The van der Waals surface area contributed by atoms with Crippen molar-refractivity contribution < 1.29 is 14.5 Å². The number of non-ortho nitro benzene ring substituents is 1. The molecule has 0 spiro atoms. The van der Waals surface area contributed by atoms with Crippen molar-refractivity contribution in [1.82, 2.24) is 9.80 Å². The number of amides is 2. The van der Waals surface area contributed by atoms with Gasteiger partial charge in [-0.2, -0.15) is 0 Å². The molecule has 1 aliphatic rings. The molecule has 1 atom stereocenters. The number of rotatable bonds is 4. The molecule has 9 heteroatoms. The molecule has 1 aromatic carbocycles. The normalized spacial score (nSPS) is 16.5. The highest BCUT2D eigenvalue weighted by molar-refractivity contribution is 6.34. The van der Waals surface area contributed by atoms with Crippen molar-refractivity contribution in [3.05, 3.63) is 33.3 Å². The van der Waals surface area contributed by atoms with E-state index in [1.807, 2.05) is 4.90 Å². The van der Waals surface area contributed by atoms with Crippen LogP contribution in [0.2, 0.25) is 5.02 Å². The van der Waals surface area contributed by atoms with Crippen LogP contribution in [0.3, 0.4) is 0 Å². The lowest BCUT2D eigenvalue weighted by Crippen LogP contribution is -2.53. The SMILES string of the molecule is CC(=O)N1CCN([C@H](C)C(=O)Nc2ccc([N+](=O)[O-])cc2Cl)CC1. The van der Waals surface area contributed by atoms with Gasteiger partial charge in [-0.05, 0) is 13.0 Å². The van der Waals surface area contributed by atoms with Crippen LogP contribution in [0.4, 0.5) is 11.4 Å². The number of anilines is 1. The molecule has 1 saturated heterocycles. The Hall–Kier alpha value is -2.19. The van der Waals surface area contributed by atoms with E-state index in [1.165, 1.54) is 25.1 Å². The zero-order chi connectivity index (χ0) is 17.9. The number of carbonyl (C=O) groups excluding carboxylic acids is 2. The first-order valence-electron chi connectivity index (χ1n) is 7.54. The third-order valence-corrected chi connectivity index (χ3v) is 4.42. The third-order valence-electron chi connectivity index (χ3n) is 4.11. The molecular weight excluding hydrogens is 336 g/mol. The molecule has 1 fully saturated rings. The maximum atomic E-state index is 12.4. The van der Waals surface area contributed by atoms with Gasteiger partial charge in [-0.1, -0.05) is 11.6 Å². The number of benzene rings is 1. The summed E-state index contributed by atoms with van der Waals surface area (Å²) in [4.78, 5) is 37.6. The first-order valence-corrected chi connectivity index (χ1v) is 7.91. The van der Waals surface area contributed by atoms with Gasteiger partial charge >= 0.3 is 0 Å². The van der Waals surface area contributed by atoms with Crippen molar-refractivity contribution in [3.63, 3.8) is 0 Å². The minimum atomic E-state index is -0.547. The van der Waals surface area contributed by atoms with E-state index in [9.17, 15) is 19.7 Å². The number of nitrogens with zero attached hydrogens (tertiary/aromatic N) is 3. The van der Waals surface area contributed by atoms with Crippen LogP contribution in [0.15, 0.2) is 18.2 Å². The minimum absolute atomic E-state index is 0.0319. The van der Waals surface area contributed by atoms with Crippen LogP contribution in [-0.4, -0.2) is 58.8 Å². The summed E-state index contributed by atoms with van der Waals surface area (Å²) in [5.74, 6) is -0.216. The van der Waals surface area contributed by atoms with Gasteiger partial charge in [0.2, 0.25) is 11.8 Å². The highest BCUT2D eigenvalue weighted by atomic mass is 35.5. The summed E-state index contributed by atoms with van der Waals surface area (Å²) < 4.78 is 0. The number of nitro groups is 1. The Morgan fingerprint density at radius 1 is 1.29 bits per heavy atom. The molecule has 2 rings (SSSR count). The second kappa shape index (κ2) is 7.59. The van der Waals surface area contributed by atoms with E-state index in [2.05, 4.69) is 5.32 Å². The maximum Gasteiger partial charge on any atom is 0.271 e. The Kier molecular flexibility index (Phi) is 5.74. The number of nitro benzene ring substituents is 1. The predicted octanol–water partition coefficient (Wildman–Crippen LogP) is 1.74. The number of halogens is 1. The molecule has 130 valence electrons. The molecule has 24 heavy (non-hydrogen) atoms.